The summed E-state index contributed by atoms with van der Waals surface area (Å²) in [7, 11) is 3.99. The molecule has 27 heavy (non-hydrogen) atoms. The Bertz CT molecular complexity index is 760. The fourth-order valence-electron chi connectivity index (χ4n) is 2.57. The largest absolute Gasteiger partial charge is 0.352 e. The smallest absolute Gasteiger partial charge is 0.251 e. The van der Waals surface area contributed by atoms with Gasteiger partial charge in [-0.3, -0.25) is 9.59 Å². The van der Waals surface area contributed by atoms with Crippen LogP contribution in [0.15, 0.2) is 48.5 Å². The lowest BCUT2D eigenvalue weighted by atomic mass is 10.1. The van der Waals surface area contributed by atoms with Crippen LogP contribution in [0.25, 0.3) is 0 Å². The van der Waals surface area contributed by atoms with E-state index in [0.29, 0.717) is 29.2 Å². The lowest BCUT2D eigenvalue weighted by Gasteiger charge is -2.10. The van der Waals surface area contributed by atoms with Crippen molar-refractivity contribution in [3.8, 4) is 0 Å². The second-order valence-electron chi connectivity index (χ2n) is 6.63. The minimum atomic E-state index is -0.189. The van der Waals surface area contributed by atoms with Crippen LogP contribution in [-0.4, -0.2) is 50.4 Å². The maximum absolute atomic E-state index is 12.3. The van der Waals surface area contributed by atoms with Crippen LogP contribution in [-0.2, 0) is 6.42 Å². The highest BCUT2D eigenvalue weighted by Gasteiger charge is 2.10. The highest BCUT2D eigenvalue weighted by atomic mass is 35.5. The monoisotopic (exact) mass is 387 g/mol. The number of rotatable bonds is 9. The number of halogens is 1. The Kier molecular flexibility index (Phi) is 8.30. The van der Waals surface area contributed by atoms with Gasteiger partial charge in [0.25, 0.3) is 11.8 Å². The number of benzene rings is 2. The Hall–Kier alpha value is -2.37. The lowest BCUT2D eigenvalue weighted by Crippen LogP contribution is -2.28. The fourth-order valence-corrected chi connectivity index (χ4v) is 2.70. The second-order valence-corrected chi connectivity index (χ2v) is 7.06. The van der Waals surface area contributed by atoms with Crippen LogP contribution >= 0.6 is 11.6 Å². The molecule has 0 fully saturated rings. The van der Waals surface area contributed by atoms with Crippen molar-refractivity contribution in [1.82, 2.24) is 15.5 Å². The summed E-state index contributed by atoms with van der Waals surface area (Å²) in [4.78, 5) is 26.6. The topological polar surface area (TPSA) is 61.4 Å². The molecule has 2 aromatic rings. The third-order valence-electron chi connectivity index (χ3n) is 4.07. The summed E-state index contributed by atoms with van der Waals surface area (Å²) in [6, 6.07) is 14.3. The molecule has 0 saturated heterocycles. The van der Waals surface area contributed by atoms with E-state index in [1.807, 2.05) is 38.4 Å². The van der Waals surface area contributed by atoms with Crippen molar-refractivity contribution in [3.63, 3.8) is 0 Å². The number of hydrogen-bond donors (Lipinski definition) is 2. The van der Waals surface area contributed by atoms with Crippen LogP contribution in [0.2, 0.25) is 5.02 Å². The maximum Gasteiger partial charge on any atom is 0.251 e. The predicted molar refractivity (Wildman–Crippen MR) is 109 cm³/mol. The van der Waals surface area contributed by atoms with Crippen LogP contribution in [0, 0.1) is 0 Å². The quantitative estimate of drug-likeness (QED) is 0.650. The highest BCUT2D eigenvalue weighted by molar-refractivity contribution is 6.30. The first-order chi connectivity index (χ1) is 13.0. The predicted octanol–water partition coefficient (Wildman–Crippen LogP) is 2.99. The molecule has 0 unspecified atom stereocenters. The van der Waals surface area contributed by atoms with Crippen molar-refractivity contribution < 1.29 is 9.59 Å². The molecule has 6 heteroatoms. The van der Waals surface area contributed by atoms with Gasteiger partial charge in [0.15, 0.2) is 0 Å². The van der Waals surface area contributed by atoms with E-state index in [9.17, 15) is 9.59 Å². The number of amides is 2. The summed E-state index contributed by atoms with van der Waals surface area (Å²) >= 11 is 5.87. The Balaban J connectivity index is 1.83. The molecule has 0 bridgehead atoms. The average molecular weight is 388 g/mol. The zero-order valence-corrected chi connectivity index (χ0v) is 16.6. The van der Waals surface area contributed by atoms with Gasteiger partial charge in [-0.2, -0.15) is 0 Å². The summed E-state index contributed by atoms with van der Waals surface area (Å²) in [5, 5.41) is 6.46. The van der Waals surface area contributed by atoms with Crippen molar-refractivity contribution >= 4 is 23.4 Å². The molecule has 2 amide bonds. The summed E-state index contributed by atoms with van der Waals surface area (Å²) < 4.78 is 0. The van der Waals surface area contributed by atoms with Gasteiger partial charge in [0.1, 0.15) is 0 Å². The molecule has 0 saturated carbocycles. The molecule has 2 rings (SSSR count). The van der Waals surface area contributed by atoms with Crippen molar-refractivity contribution in [2.24, 2.45) is 0 Å². The molecule has 0 spiro atoms. The van der Waals surface area contributed by atoms with Crippen molar-refractivity contribution in [2.45, 2.75) is 12.8 Å². The minimum Gasteiger partial charge on any atom is -0.352 e. The third-order valence-corrected chi connectivity index (χ3v) is 4.32. The summed E-state index contributed by atoms with van der Waals surface area (Å²) in [6.45, 7) is 2.03. The zero-order valence-electron chi connectivity index (χ0n) is 15.8. The minimum absolute atomic E-state index is 0.162. The van der Waals surface area contributed by atoms with Crippen molar-refractivity contribution in [3.05, 3.63) is 70.2 Å². The first kappa shape index (κ1) is 20.9. The maximum atomic E-state index is 12.3. The Morgan fingerprint density at radius 3 is 2.11 bits per heavy atom. The van der Waals surface area contributed by atoms with Crippen molar-refractivity contribution in [1.29, 1.82) is 0 Å². The Morgan fingerprint density at radius 2 is 1.52 bits per heavy atom. The van der Waals surface area contributed by atoms with Crippen LogP contribution in [0.5, 0.6) is 0 Å². The van der Waals surface area contributed by atoms with E-state index in [1.54, 1.807) is 24.3 Å². The summed E-state index contributed by atoms with van der Waals surface area (Å²) in [5.41, 5.74) is 2.07. The molecule has 0 aliphatic rings. The first-order valence-corrected chi connectivity index (χ1v) is 9.39. The highest BCUT2D eigenvalue weighted by Crippen LogP contribution is 2.10. The zero-order chi connectivity index (χ0) is 19.6. The van der Waals surface area contributed by atoms with Gasteiger partial charge < -0.3 is 15.5 Å². The van der Waals surface area contributed by atoms with Gasteiger partial charge in [-0.25, -0.2) is 0 Å². The number of nitrogens with zero attached hydrogens (tertiary/aromatic N) is 1. The van der Waals surface area contributed by atoms with Gasteiger partial charge in [0.2, 0.25) is 0 Å². The van der Waals surface area contributed by atoms with E-state index in [0.717, 1.165) is 24.9 Å². The normalized spacial score (nSPS) is 10.7. The van der Waals surface area contributed by atoms with E-state index in [1.165, 1.54) is 0 Å². The molecular weight excluding hydrogens is 362 g/mol. The summed E-state index contributed by atoms with van der Waals surface area (Å²) in [6.07, 6.45) is 1.60. The van der Waals surface area contributed by atoms with Gasteiger partial charge in [-0.1, -0.05) is 29.8 Å². The van der Waals surface area contributed by atoms with Gasteiger partial charge in [-0.05, 0) is 69.4 Å². The van der Waals surface area contributed by atoms with Gasteiger partial charge in [0, 0.05) is 29.2 Å². The Morgan fingerprint density at radius 1 is 0.926 bits per heavy atom. The number of hydrogen-bond acceptors (Lipinski definition) is 3. The molecule has 0 aromatic heterocycles. The molecule has 0 heterocycles. The van der Waals surface area contributed by atoms with Gasteiger partial charge in [-0.15, -0.1) is 0 Å². The molecule has 0 radical (unpaired) electrons. The second kappa shape index (κ2) is 10.7. The molecule has 0 aliphatic carbocycles. The molecule has 144 valence electrons. The molecule has 0 aliphatic heterocycles. The van der Waals surface area contributed by atoms with E-state index < -0.39 is 0 Å². The first-order valence-electron chi connectivity index (χ1n) is 9.01. The number of nitrogens with one attached hydrogen (secondary N) is 2. The van der Waals surface area contributed by atoms with Crippen molar-refractivity contribution in [2.75, 3.05) is 33.7 Å². The summed E-state index contributed by atoms with van der Waals surface area (Å²) in [5.74, 6) is -0.351. The van der Waals surface area contributed by atoms with Crippen LogP contribution < -0.4 is 10.6 Å². The number of carbonyl (C=O) groups is 2. The van der Waals surface area contributed by atoms with E-state index in [2.05, 4.69) is 15.5 Å². The van der Waals surface area contributed by atoms with Crippen LogP contribution in [0.3, 0.4) is 0 Å². The molecule has 2 aromatic carbocycles. The molecule has 2 N–H and O–H groups in total. The van der Waals surface area contributed by atoms with Crippen LogP contribution in [0.4, 0.5) is 0 Å². The SMILES string of the molecule is CN(C)CCCNC(=O)c1cccc(C(=O)NCCc2ccc(Cl)cc2)c1. The number of carbonyl (C=O) groups excluding carboxylic acids is 2. The third kappa shape index (κ3) is 7.41. The van der Waals surface area contributed by atoms with E-state index >= 15 is 0 Å². The van der Waals surface area contributed by atoms with Gasteiger partial charge in [0.05, 0.1) is 0 Å². The van der Waals surface area contributed by atoms with Gasteiger partial charge >= 0.3 is 0 Å². The van der Waals surface area contributed by atoms with E-state index in [-0.39, 0.29) is 11.8 Å². The standard InChI is InChI=1S/C21H26ClN3O2/c1-25(2)14-4-12-23-20(26)17-5-3-6-18(15-17)21(27)24-13-11-16-7-9-19(22)10-8-16/h3,5-10,15H,4,11-14H2,1-2H3,(H,23,26)(H,24,27). The molecule has 5 nitrogen and oxygen atoms in total. The Labute approximate surface area is 165 Å². The molecule has 0 atom stereocenters. The molecular formula is C21H26ClN3O2. The lowest BCUT2D eigenvalue weighted by molar-refractivity contribution is 0.0952. The van der Waals surface area contributed by atoms with E-state index in [4.69, 9.17) is 11.6 Å². The fraction of sp³-hybridized carbons (Fsp3) is 0.333. The average Bonchev–Trinajstić information content (AvgIpc) is 2.66. The van der Waals surface area contributed by atoms with Crippen LogP contribution in [0.1, 0.15) is 32.7 Å².